The number of hydrogen-bond donors (Lipinski definition) is 2. The van der Waals surface area contributed by atoms with E-state index in [1.54, 1.807) is 0 Å². The molecule has 0 fully saturated rings. The molecule has 0 aliphatic carbocycles. The van der Waals surface area contributed by atoms with Gasteiger partial charge in [0, 0.05) is 0 Å². The van der Waals surface area contributed by atoms with Crippen LogP contribution in [0.25, 0.3) is 0 Å². The Labute approximate surface area is 94.6 Å². The summed E-state index contributed by atoms with van der Waals surface area (Å²) in [4.78, 5) is 0. The van der Waals surface area contributed by atoms with Gasteiger partial charge in [0.2, 0.25) is 0 Å². The number of nitrogens with zero attached hydrogens (tertiary/aromatic N) is 3. The van der Waals surface area contributed by atoms with Crippen molar-refractivity contribution in [2.45, 2.75) is 17.2 Å². The van der Waals surface area contributed by atoms with Crippen LogP contribution < -0.4 is 8.27 Å². The van der Waals surface area contributed by atoms with Crippen LogP contribution in [0.2, 0.25) is 10.3 Å². The number of hydrogen-bond acceptors (Lipinski definition) is 5. The molecule has 102 valence electrons. The van der Waals surface area contributed by atoms with Crippen molar-refractivity contribution in [3.8, 4) is 0 Å². The van der Waals surface area contributed by atoms with Crippen molar-refractivity contribution in [1.29, 1.82) is 0 Å². The molecule has 0 spiro atoms. The Morgan fingerprint density at radius 2 is 0.938 bits per heavy atom. The van der Waals surface area contributed by atoms with Gasteiger partial charge in [0.1, 0.15) is 0 Å². The fraction of sp³-hybridized carbons (Fsp3) is 0.900. The van der Waals surface area contributed by atoms with Crippen LogP contribution in [0.3, 0.4) is 0 Å². The van der Waals surface area contributed by atoms with Crippen molar-refractivity contribution in [3.05, 3.63) is 0 Å². The molecule has 0 saturated heterocycles. The molecule has 0 radical (unpaired) electrons. The topological polar surface area (TPSA) is 61.8 Å². The second kappa shape index (κ2) is 2.17. The minimum atomic E-state index is -5.82. The molecule has 5 nitrogen and oxygen atoms in total. The molecule has 0 amide bonds. The van der Waals surface area contributed by atoms with Crippen molar-refractivity contribution >= 4 is 4.23 Å². The van der Waals surface area contributed by atoms with Crippen molar-refractivity contribution in [2.24, 2.45) is 8.27 Å². The fourth-order valence-electron chi connectivity index (χ4n) is 1.77. The second-order valence-electron chi connectivity index (χ2n) is 7.75. The van der Waals surface area contributed by atoms with Crippen LogP contribution in [0, 0.1) is 0 Å². The second-order valence-corrected chi connectivity index (χ2v) is 53.8. The van der Waals surface area contributed by atoms with Gasteiger partial charge in [-0.3, -0.25) is 0 Å². The van der Waals surface area contributed by atoms with E-state index in [9.17, 15) is 0 Å². The third kappa shape index (κ3) is 1.06. The SMILES string of the molecule is C[CH]=[Ta]([CH3])([CH3])([NH2])([NH2])([N](C)C)([N](C)C)[N](C)C. The first-order chi connectivity index (χ1) is 6.45. The van der Waals surface area contributed by atoms with Crippen LogP contribution in [0.4, 0.5) is 0 Å². The third-order valence-corrected chi connectivity index (χ3v) is 54.9. The van der Waals surface area contributed by atoms with Gasteiger partial charge < -0.3 is 0 Å². The van der Waals surface area contributed by atoms with E-state index in [-0.39, 0.29) is 0 Å². The van der Waals surface area contributed by atoms with Gasteiger partial charge in [-0.25, -0.2) is 0 Å². The molecule has 0 aliphatic rings. The molecular formula is C10H32N5Ta. The summed E-state index contributed by atoms with van der Waals surface area (Å²) in [6.07, 6.45) is 0. The standard InChI is InChI=1S/3C2H6N.C2H4.2CH3.2H2N.Ta/c3*1-3-2;1-2;;;;;/h3*1-2H3;1H,2H3;2*1H3;2*1H2;/q3*-1;;;;2*-1;+5. The maximum absolute atomic E-state index is 7.16. The molecule has 4 N–H and O–H groups in total. The van der Waals surface area contributed by atoms with E-state index in [4.69, 9.17) is 8.27 Å². The average molecular weight is 403 g/mol. The monoisotopic (exact) mass is 403 g/mol. The quantitative estimate of drug-likeness (QED) is 0.714. The van der Waals surface area contributed by atoms with E-state index < -0.39 is 12.7 Å². The zero-order valence-electron chi connectivity index (χ0n) is 12.5. The van der Waals surface area contributed by atoms with E-state index in [1.807, 2.05) is 73.6 Å². The summed E-state index contributed by atoms with van der Waals surface area (Å²) < 4.78 is 22.3. The summed E-state index contributed by atoms with van der Waals surface area (Å²) in [5.74, 6) is 0. The third-order valence-electron chi connectivity index (χ3n) is 6.71. The Hall–Kier alpha value is 0.410. The molecule has 0 aromatic carbocycles. The van der Waals surface area contributed by atoms with Crippen molar-refractivity contribution < 1.29 is 12.7 Å². The van der Waals surface area contributed by atoms with E-state index in [0.717, 1.165) is 0 Å². The first-order valence-electron chi connectivity index (χ1n) is 5.53. The van der Waals surface area contributed by atoms with Crippen molar-refractivity contribution in [2.75, 3.05) is 42.3 Å². The summed E-state index contributed by atoms with van der Waals surface area (Å²) in [5, 5.41) is 4.01. The molecule has 0 aromatic heterocycles. The Balaban J connectivity index is 7.47. The molecule has 0 heterocycles. The van der Waals surface area contributed by atoms with E-state index in [1.165, 1.54) is 0 Å². The molecule has 0 unspecified atom stereocenters. The molecule has 6 heteroatoms. The van der Waals surface area contributed by atoms with Gasteiger partial charge in [0.25, 0.3) is 0 Å². The normalized spacial score (nSPS) is 23.6. The van der Waals surface area contributed by atoms with Crippen LogP contribution in [-0.4, -0.2) is 56.4 Å². The van der Waals surface area contributed by atoms with Crippen molar-refractivity contribution in [1.82, 2.24) is 9.91 Å². The van der Waals surface area contributed by atoms with Crippen LogP contribution in [0.5, 0.6) is 0 Å². The maximum atomic E-state index is 7.16. The molecule has 0 atom stereocenters. The zero-order chi connectivity index (χ0) is 13.8. The predicted molar refractivity (Wildman–Crippen MR) is 72.9 cm³/mol. The van der Waals surface area contributed by atoms with E-state index in [2.05, 4.69) is 0 Å². The van der Waals surface area contributed by atoms with Crippen LogP contribution in [0.15, 0.2) is 0 Å². The molecule has 0 bridgehead atoms. The van der Waals surface area contributed by atoms with Crippen LogP contribution in [0.1, 0.15) is 6.92 Å². The summed E-state index contributed by atoms with van der Waals surface area (Å²) in [5.41, 5.74) is 0. The first kappa shape index (κ1) is 16.4. The number of nitrogens with two attached hydrogens (primary N) is 2. The molecule has 16 heavy (non-hydrogen) atoms. The summed E-state index contributed by atoms with van der Waals surface area (Å²) in [6, 6.07) is 0. The Morgan fingerprint density at radius 1 is 0.750 bits per heavy atom. The van der Waals surface area contributed by atoms with Gasteiger partial charge in [0.15, 0.2) is 0 Å². The molecule has 0 aromatic rings. The average Bonchev–Trinajstić information content (AvgIpc) is 2.04. The van der Waals surface area contributed by atoms with Crippen LogP contribution in [-0.2, 0) is 12.7 Å². The fourth-order valence-corrected chi connectivity index (χ4v) is 14.5. The van der Waals surface area contributed by atoms with E-state index in [0.29, 0.717) is 0 Å². The Bertz CT molecular complexity index is 416. The zero-order valence-corrected chi connectivity index (χ0v) is 15.7. The van der Waals surface area contributed by atoms with Gasteiger partial charge in [-0.05, 0) is 0 Å². The summed E-state index contributed by atoms with van der Waals surface area (Å²) >= 11 is -5.82. The van der Waals surface area contributed by atoms with Crippen LogP contribution >= 0.6 is 0 Å². The first-order valence-corrected chi connectivity index (χ1v) is 21.8. The molecular weight excluding hydrogens is 371 g/mol. The Kier molecular flexibility index (Phi) is 2.22. The number of rotatable bonds is 3. The van der Waals surface area contributed by atoms with Gasteiger partial charge in [0.05, 0.1) is 0 Å². The van der Waals surface area contributed by atoms with Gasteiger partial charge >= 0.3 is 94.6 Å². The van der Waals surface area contributed by atoms with E-state index >= 15 is 0 Å². The van der Waals surface area contributed by atoms with Gasteiger partial charge in [-0.2, -0.15) is 0 Å². The molecule has 0 saturated carbocycles. The molecule has 0 rings (SSSR count). The van der Waals surface area contributed by atoms with Crippen molar-refractivity contribution in [3.63, 3.8) is 0 Å². The predicted octanol–water partition coefficient (Wildman–Crippen LogP) is 0.379. The Morgan fingerprint density at radius 3 is 0.938 bits per heavy atom. The molecule has 0 aliphatic heterocycles. The minimum absolute atomic E-state index is 1.95. The summed E-state index contributed by atoms with van der Waals surface area (Å²) in [6.45, 7) is 1.95. The van der Waals surface area contributed by atoms with Gasteiger partial charge in [-0.15, -0.1) is 0 Å². The summed E-state index contributed by atoms with van der Waals surface area (Å²) in [7, 11) is 11.7. The van der Waals surface area contributed by atoms with Gasteiger partial charge in [-0.1, -0.05) is 0 Å².